The number of aromatic nitrogens is 2. The highest BCUT2D eigenvalue weighted by molar-refractivity contribution is 6.11. The number of nitrogens with one attached hydrogen (secondary N) is 2. The van der Waals surface area contributed by atoms with Gasteiger partial charge in [0.2, 0.25) is 0 Å². The summed E-state index contributed by atoms with van der Waals surface area (Å²) in [5, 5.41) is 5.97. The van der Waals surface area contributed by atoms with Crippen molar-refractivity contribution in [3.63, 3.8) is 0 Å². The minimum atomic E-state index is -0.495. The first-order chi connectivity index (χ1) is 16.6. The summed E-state index contributed by atoms with van der Waals surface area (Å²) in [5.41, 5.74) is 3.48. The number of carbonyl (C=O) groups is 2. The summed E-state index contributed by atoms with van der Waals surface area (Å²) >= 11 is 0. The van der Waals surface area contributed by atoms with Crippen molar-refractivity contribution in [2.75, 3.05) is 25.0 Å². The van der Waals surface area contributed by atoms with Crippen molar-refractivity contribution in [3.05, 3.63) is 101 Å². The minimum Gasteiger partial charge on any atom is -0.369 e. The third kappa shape index (κ3) is 4.68. The molecule has 0 spiro atoms. The highest BCUT2D eigenvalue weighted by Gasteiger charge is 2.19. The van der Waals surface area contributed by atoms with Crippen LogP contribution in [0.1, 0.15) is 38.1 Å². The summed E-state index contributed by atoms with van der Waals surface area (Å²) < 4.78 is 19.2. The summed E-state index contributed by atoms with van der Waals surface area (Å²) in [5.74, 6) is -1.17. The van der Waals surface area contributed by atoms with Crippen LogP contribution in [0.25, 0.3) is 11.0 Å². The molecule has 7 nitrogen and oxygen atoms in total. The first-order valence-corrected chi connectivity index (χ1v) is 10.9. The second-order valence-corrected chi connectivity index (χ2v) is 7.94. The van der Waals surface area contributed by atoms with Crippen LogP contribution in [-0.2, 0) is 4.74 Å². The van der Waals surface area contributed by atoms with Gasteiger partial charge in [-0.25, -0.2) is 9.37 Å². The Morgan fingerprint density at radius 1 is 0.971 bits per heavy atom. The fraction of sp³-hybridized carbons (Fsp3) is 0.154. The van der Waals surface area contributed by atoms with E-state index in [1.807, 2.05) is 0 Å². The number of hydrogen-bond acceptors (Lipinski definition) is 6. The van der Waals surface area contributed by atoms with Gasteiger partial charge in [0, 0.05) is 35.5 Å². The lowest BCUT2D eigenvalue weighted by atomic mass is 10.0. The van der Waals surface area contributed by atoms with E-state index < -0.39 is 11.7 Å². The molecule has 1 unspecified atom stereocenters. The lowest BCUT2D eigenvalue weighted by Crippen LogP contribution is -2.33. The number of anilines is 1. The minimum absolute atomic E-state index is 0.177. The molecule has 1 saturated heterocycles. The summed E-state index contributed by atoms with van der Waals surface area (Å²) in [6.45, 7) is 2.07. The zero-order valence-corrected chi connectivity index (χ0v) is 18.1. The topological polar surface area (TPSA) is 93.2 Å². The highest BCUT2D eigenvalue weighted by atomic mass is 19.1. The van der Waals surface area contributed by atoms with Crippen LogP contribution in [0.15, 0.2) is 72.9 Å². The first kappa shape index (κ1) is 21.8. The normalized spacial score (nSPS) is 15.7. The van der Waals surface area contributed by atoms with E-state index in [-0.39, 0.29) is 17.5 Å². The smallest absolute Gasteiger partial charge is 0.255 e. The van der Waals surface area contributed by atoms with Crippen LogP contribution in [0, 0.1) is 5.82 Å². The highest BCUT2D eigenvalue weighted by Crippen LogP contribution is 2.22. The lowest BCUT2D eigenvalue weighted by molar-refractivity contribution is 0.0250. The van der Waals surface area contributed by atoms with Crippen molar-refractivity contribution in [1.82, 2.24) is 15.3 Å². The molecule has 170 valence electrons. The molecule has 0 saturated carbocycles. The average molecular weight is 456 g/mol. The number of amides is 1. The van der Waals surface area contributed by atoms with Crippen LogP contribution < -0.4 is 10.6 Å². The van der Waals surface area contributed by atoms with E-state index >= 15 is 0 Å². The van der Waals surface area contributed by atoms with Gasteiger partial charge in [-0.3, -0.25) is 14.6 Å². The third-order valence-electron chi connectivity index (χ3n) is 5.55. The third-order valence-corrected chi connectivity index (χ3v) is 5.55. The van der Waals surface area contributed by atoms with Gasteiger partial charge in [0.15, 0.2) is 5.78 Å². The van der Waals surface area contributed by atoms with Crippen molar-refractivity contribution in [2.45, 2.75) is 6.10 Å². The van der Waals surface area contributed by atoms with Gasteiger partial charge in [-0.05, 0) is 48.5 Å². The fourth-order valence-electron chi connectivity index (χ4n) is 3.82. The SMILES string of the molecule is O=C(Nc1cccc(C(=O)c2ccc3ncc(C4CNCCO4)nc3c2)c1)c1cccc(F)c1. The molecule has 1 aliphatic heterocycles. The lowest BCUT2D eigenvalue weighted by Gasteiger charge is -2.22. The molecule has 5 rings (SSSR count). The number of halogens is 1. The second-order valence-electron chi connectivity index (χ2n) is 7.94. The van der Waals surface area contributed by atoms with Crippen molar-refractivity contribution in [1.29, 1.82) is 0 Å². The number of carbonyl (C=O) groups excluding carboxylic acids is 2. The van der Waals surface area contributed by atoms with E-state index in [0.29, 0.717) is 46.7 Å². The van der Waals surface area contributed by atoms with Crippen molar-refractivity contribution in [3.8, 4) is 0 Å². The Labute approximate surface area is 195 Å². The van der Waals surface area contributed by atoms with E-state index in [1.165, 1.54) is 18.2 Å². The van der Waals surface area contributed by atoms with Crippen molar-refractivity contribution in [2.24, 2.45) is 0 Å². The Morgan fingerprint density at radius 2 is 1.79 bits per heavy atom. The summed E-state index contributed by atoms with van der Waals surface area (Å²) in [4.78, 5) is 34.7. The van der Waals surface area contributed by atoms with E-state index in [4.69, 9.17) is 4.74 Å². The maximum Gasteiger partial charge on any atom is 0.255 e. The number of rotatable bonds is 5. The van der Waals surface area contributed by atoms with Crippen LogP contribution in [0.2, 0.25) is 0 Å². The number of nitrogens with zero attached hydrogens (tertiary/aromatic N) is 2. The van der Waals surface area contributed by atoms with E-state index in [9.17, 15) is 14.0 Å². The molecule has 8 heteroatoms. The summed E-state index contributed by atoms with van der Waals surface area (Å²) in [6, 6.07) is 17.2. The summed E-state index contributed by atoms with van der Waals surface area (Å²) in [7, 11) is 0. The van der Waals surface area contributed by atoms with Gasteiger partial charge in [-0.2, -0.15) is 0 Å². The average Bonchev–Trinajstić information content (AvgIpc) is 2.88. The van der Waals surface area contributed by atoms with Crippen molar-refractivity contribution < 1.29 is 18.7 Å². The molecule has 0 radical (unpaired) electrons. The predicted molar refractivity (Wildman–Crippen MR) is 125 cm³/mol. The van der Waals surface area contributed by atoms with Crippen LogP contribution in [0.4, 0.5) is 10.1 Å². The largest absolute Gasteiger partial charge is 0.369 e. The standard InChI is InChI=1S/C26H21FN4O3/c27-19-5-1-4-18(11-19)26(33)30-20-6-2-3-16(12-20)25(32)17-7-8-21-22(13-17)31-23(14-29-21)24-15-28-9-10-34-24/h1-8,11-14,24,28H,9-10,15H2,(H,30,33). The molecule has 1 aliphatic rings. The van der Waals surface area contributed by atoms with E-state index in [1.54, 1.807) is 48.7 Å². The van der Waals surface area contributed by atoms with Crippen LogP contribution >= 0.6 is 0 Å². The Balaban J connectivity index is 1.38. The second kappa shape index (κ2) is 9.46. The fourth-order valence-corrected chi connectivity index (χ4v) is 3.82. The molecule has 34 heavy (non-hydrogen) atoms. The van der Waals surface area contributed by atoms with Crippen molar-refractivity contribution >= 4 is 28.4 Å². The van der Waals surface area contributed by atoms with Gasteiger partial charge in [0.25, 0.3) is 5.91 Å². The van der Waals surface area contributed by atoms with Crippen LogP contribution in [0.3, 0.4) is 0 Å². The first-order valence-electron chi connectivity index (χ1n) is 10.9. The molecule has 1 atom stereocenters. The zero-order chi connectivity index (χ0) is 23.5. The van der Waals surface area contributed by atoms with Gasteiger partial charge < -0.3 is 15.4 Å². The summed E-state index contributed by atoms with van der Waals surface area (Å²) in [6.07, 6.45) is 1.52. The molecule has 0 aliphatic carbocycles. The van der Waals surface area contributed by atoms with Gasteiger partial charge in [-0.15, -0.1) is 0 Å². The number of benzene rings is 3. The molecule has 2 N–H and O–H groups in total. The van der Waals surface area contributed by atoms with Crippen LogP contribution in [0.5, 0.6) is 0 Å². The molecule has 1 fully saturated rings. The Morgan fingerprint density at radius 3 is 2.62 bits per heavy atom. The number of hydrogen-bond donors (Lipinski definition) is 2. The zero-order valence-electron chi connectivity index (χ0n) is 18.1. The molecular weight excluding hydrogens is 435 g/mol. The maximum atomic E-state index is 13.4. The predicted octanol–water partition coefficient (Wildman–Crippen LogP) is 3.91. The molecular formula is C26H21FN4O3. The number of morpholine rings is 1. The molecule has 0 bridgehead atoms. The molecule has 4 aromatic rings. The van der Waals surface area contributed by atoms with Gasteiger partial charge in [-0.1, -0.05) is 18.2 Å². The Kier molecular flexibility index (Phi) is 6.07. The van der Waals surface area contributed by atoms with E-state index in [2.05, 4.69) is 20.6 Å². The maximum absolute atomic E-state index is 13.4. The molecule has 1 amide bonds. The van der Waals surface area contributed by atoms with Gasteiger partial charge in [0.05, 0.1) is 29.5 Å². The monoisotopic (exact) mass is 456 g/mol. The molecule has 2 heterocycles. The number of fused-ring (bicyclic) bond motifs is 1. The Bertz CT molecular complexity index is 1390. The number of ether oxygens (including phenoxy) is 1. The van der Waals surface area contributed by atoms with E-state index in [0.717, 1.165) is 12.6 Å². The van der Waals surface area contributed by atoms with Gasteiger partial charge >= 0.3 is 0 Å². The molecule has 3 aromatic carbocycles. The number of ketones is 1. The molecule has 1 aromatic heterocycles. The Hall–Kier alpha value is -4.01. The van der Waals surface area contributed by atoms with Gasteiger partial charge in [0.1, 0.15) is 11.9 Å². The quantitative estimate of drug-likeness (QED) is 0.443. The van der Waals surface area contributed by atoms with Crippen LogP contribution in [-0.4, -0.2) is 41.4 Å².